The van der Waals surface area contributed by atoms with Crippen LogP contribution in [0.3, 0.4) is 0 Å². The molecule has 0 spiro atoms. The number of benzene rings is 7. The van der Waals surface area contributed by atoms with Crippen molar-refractivity contribution in [3.8, 4) is 33.4 Å². The lowest BCUT2D eigenvalue weighted by molar-refractivity contribution is 0.222. The van der Waals surface area contributed by atoms with Gasteiger partial charge in [-0.3, -0.25) is 0 Å². The van der Waals surface area contributed by atoms with Gasteiger partial charge in [-0.1, -0.05) is 157 Å². The first-order valence-corrected chi connectivity index (χ1v) is 21.3. The summed E-state index contributed by atoms with van der Waals surface area (Å²) in [6, 6.07) is 54.0. The summed E-state index contributed by atoms with van der Waals surface area (Å²) in [5, 5.41) is 6.55. The Morgan fingerprint density at radius 3 is 2.10 bits per heavy atom. The molecule has 0 bridgehead atoms. The molecule has 284 valence electrons. The first-order valence-electron chi connectivity index (χ1n) is 21.3. The van der Waals surface area contributed by atoms with Gasteiger partial charge in [0, 0.05) is 45.2 Å². The smallest absolute Gasteiger partial charge is 0.333 e. The van der Waals surface area contributed by atoms with Crippen molar-refractivity contribution >= 4 is 62.5 Å². The molecular formula is C54H49BN2O. The number of anilines is 4. The summed E-state index contributed by atoms with van der Waals surface area (Å²) in [4.78, 5) is 2.65. The van der Waals surface area contributed by atoms with Gasteiger partial charge in [0.25, 0.3) is 0 Å². The second-order valence-electron chi connectivity index (χ2n) is 18.4. The minimum absolute atomic E-state index is 0.0365. The van der Waals surface area contributed by atoms with Crippen LogP contribution < -0.4 is 21.1 Å². The summed E-state index contributed by atoms with van der Waals surface area (Å²) in [6.45, 7) is 12.1. The van der Waals surface area contributed by atoms with Crippen molar-refractivity contribution in [1.82, 2.24) is 0 Å². The van der Waals surface area contributed by atoms with E-state index in [2.05, 4.69) is 190 Å². The molecule has 8 aromatic rings. The Morgan fingerprint density at radius 1 is 0.707 bits per heavy atom. The summed E-state index contributed by atoms with van der Waals surface area (Å²) in [7, 11) is 0. The normalized spacial score (nSPS) is 18.5. The third-order valence-electron chi connectivity index (χ3n) is 14.0. The lowest BCUT2D eigenvalue weighted by atomic mass is 9.42. The Kier molecular flexibility index (Phi) is 7.89. The molecule has 1 aromatic heterocycles. The highest BCUT2D eigenvalue weighted by atomic mass is 16.3. The number of hydrogen-bond donors (Lipinski definition) is 1. The maximum atomic E-state index is 6.80. The van der Waals surface area contributed by atoms with E-state index in [1.165, 1.54) is 104 Å². The highest BCUT2D eigenvalue weighted by Crippen LogP contribution is 2.52. The van der Waals surface area contributed by atoms with E-state index in [4.69, 9.17) is 4.42 Å². The molecule has 58 heavy (non-hydrogen) atoms. The van der Waals surface area contributed by atoms with Gasteiger partial charge in [0.1, 0.15) is 11.2 Å². The predicted molar refractivity (Wildman–Crippen MR) is 247 cm³/mol. The number of fused-ring (bicyclic) bond motifs is 8. The molecule has 1 N–H and O–H groups in total. The maximum absolute atomic E-state index is 6.80. The number of hydrogen-bond acceptors (Lipinski definition) is 3. The summed E-state index contributed by atoms with van der Waals surface area (Å²) in [5.74, 6) is 0.572. The number of furan rings is 1. The monoisotopic (exact) mass is 752 g/mol. The molecule has 7 aromatic carbocycles. The zero-order chi connectivity index (χ0) is 39.3. The SMILES string of the molecule is CC1CCCCC1(C)c1cc(C(C)(C)C)cc2c1Nc1cc3oc4ccccc4c3c3c1B2N(c1ccc(-c2ccccc2)cc1)c1ccc(-c2ccccc2)cc1-3. The van der Waals surface area contributed by atoms with E-state index in [9.17, 15) is 0 Å². The van der Waals surface area contributed by atoms with Gasteiger partial charge in [-0.25, -0.2) is 0 Å². The summed E-state index contributed by atoms with van der Waals surface area (Å²) >= 11 is 0. The Labute approximate surface area is 342 Å². The predicted octanol–water partition coefficient (Wildman–Crippen LogP) is 13.7. The van der Waals surface area contributed by atoms with Crippen LogP contribution in [0.25, 0.3) is 55.3 Å². The van der Waals surface area contributed by atoms with Crippen LogP contribution in [0.2, 0.25) is 0 Å². The quantitative estimate of drug-likeness (QED) is 0.182. The van der Waals surface area contributed by atoms with Gasteiger partial charge in [0.15, 0.2) is 0 Å². The lowest BCUT2D eigenvalue weighted by Gasteiger charge is -2.47. The first-order chi connectivity index (χ1) is 28.2. The second-order valence-corrected chi connectivity index (χ2v) is 18.4. The van der Waals surface area contributed by atoms with E-state index in [1.54, 1.807) is 0 Å². The number of nitrogens with zero attached hydrogens (tertiary/aromatic N) is 1. The van der Waals surface area contributed by atoms with Crippen LogP contribution in [-0.2, 0) is 10.8 Å². The minimum Gasteiger partial charge on any atom is -0.456 e. The highest BCUT2D eigenvalue weighted by Gasteiger charge is 2.47. The number of nitrogens with one attached hydrogen (secondary N) is 1. The van der Waals surface area contributed by atoms with Crippen molar-refractivity contribution in [3.05, 3.63) is 157 Å². The van der Waals surface area contributed by atoms with E-state index < -0.39 is 0 Å². The topological polar surface area (TPSA) is 28.4 Å². The van der Waals surface area contributed by atoms with Crippen molar-refractivity contribution in [2.75, 3.05) is 10.1 Å². The van der Waals surface area contributed by atoms with Gasteiger partial charge in [0.05, 0.1) is 0 Å². The fourth-order valence-corrected chi connectivity index (χ4v) is 10.6. The molecule has 1 saturated carbocycles. The van der Waals surface area contributed by atoms with Gasteiger partial charge in [-0.05, 0) is 110 Å². The Balaban J connectivity index is 1.25. The van der Waals surface area contributed by atoms with E-state index in [1.807, 2.05) is 0 Å². The molecule has 2 aliphatic heterocycles. The molecule has 3 aliphatic rings. The van der Waals surface area contributed by atoms with Crippen molar-refractivity contribution in [3.63, 3.8) is 0 Å². The Morgan fingerprint density at radius 2 is 1.38 bits per heavy atom. The van der Waals surface area contributed by atoms with Gasteiger partial charge >= 0.3 is 6.85 Å². The Bertz CT molecular complexity index is 2890. The van der Waals surface area contributed by atoms with Crippen molar-refractivity contribution < 1.29 is 4.42 Å². The fraction of sp³-hybridized carbons (Fsp3) is 0.222. The molecule has 0 saturated heterocycles. The van der Waals surface area contributed by atoms with Crippen LogP contribution in [0.4, 0.5) is 22.7 Å². The van der Waals surface area contributed by atoms with E-state index in [0.29, 0.717) is 5.92 Å². The van der Waals surface area contributed by atoms with Gasteiger partial charge in [0.2, 0.25) is 0 Å². The first kappa shape index (κ1) is 35.2. The van der Waals surface area contributed by atoms with Gasteiger partial charge in [-0.15, -0.1) is 0 Å². The largest absolute Gasteiger partial charge is 0.456 e. The van der Waals surface area contributed by atoms with Crippen molar-refractivity contribution in [2.24, 2.45) is 5.92 Å². The van der Waals surface area contributed by atoms with E-state index in [-0.39, 0.29) is 17.7 Å². The molecule has 4 heteroatoms. The zero-order valence-corrected chi connectivity index (χ0v) is 34.2. The summed E-state index contributed by atoms with van der Waals surface area (Å²) < 4.78 is 6.80. The molecule has 1 aliphatic carbocycles. The van der Waals surface area contributed by atoms with Crippen LogP contribution in [0.5, 0.6) is 0 Å². The van der Waals surface area contributed by atoms with Gasteiger partial charge < -0.3 is 14.5 Å². The van der Waals surface area contributed by atoms with Crippen LogP contribution >= 0.6 is 0 Å². The molecule has 0 radical (unpaired) electrons. The Hall–Kier alpha value is -6.00. The molecule has 2 unspecified atom stereocenters. The standard InChI is InChI=1S/C54H49BN2O/c1-34-16-14-15-29-54(34,5)43-31-39(53(2,3)4)32-44-52(43)56-45-33-48-49(41-21-12-13-22-47(41)58-48)50-42-30-38(36-19-10-7-11-20-36)25-28-46(42)57(55(44)51(45)50)40-26-23-37(24-27-40)35-17-8-6-9-18-35/h6-13,17-28,30-34,56H,14-16,29H2,1-5H3. The lowest BCUT2D eigenvalue weighted by Crippen LogP contribution is -2.61. The molecule has 0 amide bonds. The molecular weight excluding hydrogens is 703 g/mol. The molecule has 1 fully saturated rings. The van der Waals surface area contributed by atoms with Crippen molar-refractivity contribution in [2.45, 2.75) is 71.1 Å². The van der Waals surface area contributed by atoms with Crippen LogP contribution in [-0.4, -0.2) is 6.85 Å². The summed E-state index contributed by atoms with van der Waals surface area (Å²) in [5.41, 5.74) is 19.5. The maximum Gasteiger partial charge on any atom is 0.333 e. The summed E-state index contributed by atoms with van der Waals surface area (Å²) in [6.07, 6.45) is 5.01. The number of para-hydroxylation sites is 1. The highest BCUT2D eigenvalue weighted by molar-refractivity contribution is 6.94. The van der Waals surface area contributed by atoms with Crippen LogP contribution in [0.15, 0.2) is 150 Å². The van der Waals surface area contributed by atoms with Crippen molar-refractivity contribution in [1.29, 1.82) is 0 Å². The second kappa shape index (κ2) is 13.0. The average molecular weight is 753 g/mol. The van der Waals surface area contributed by atoms with Gasteiger partial charge in [-0.2, -0.15) is 0 Å². The third-order valence-corrected chi connectivity index (χ3v) is 14.0. The molecule has 3 nitrogen and oxygen atoms in total. The van der Waals surface area contributed by atoms with Crippen LogP contribution in [0, 0.1) is 5.92 Å². The molecule has 2 atom stereocenters. The number of rotatable bonds is 4. The molecule has 3 heterocycles. The zero-order valence-electron chi connectivity index (χ0n) is 34.2. The minimum atomic E-state index is -0.0829. The van der Waals surface area contributed by atoms with E-state index in [0.717, 1.165) is 22.2 Å². The van der Waals surface area contributed by atoms with Crippen LogP contribution in [0.1, 0.15) is 71.4 Å². The fourth-order valence-electron chi connectivity index (χ4n) is 10.6. The third kappa shape index (κ3) is 5.34. The average Bonchev–Trinajstić information content (AvgIpc) is 3.62. The van der Waals surface area contributed by atoms with E-state index >= 15 is 0 Å². The molecule has 11 rings (SSSR count).